The summed E-state index contributed by atoms with van der Waals surface area (Å²) < 4.78 is 5.87. The van der Waals surface area contributed by atoms with Crippen molar-refractivity contribution in [1.29, 1.82) is 0 Å². The van der Waals surface area contributed by atoms with E-state index in [4.69, 9.17) is 4.74 Å². The van der Waals surface area contributed by atoms with Crippen molar-refractivity contribution in [2.45, 2.75) is 64.6 Å². The fraction of sp³-hybridized carbons (Fsp3) is 0.800. The molecule has 128 valence electrons. The van der Waals surface area contributed by atoms with Crippen LogP contribution in [0.3, 0.4) is 0 Å². The molecule has 4 aliphatic carbocycles. The van der Waals surface area contributed by atoms with Crippen LogP contribution in [0.4, 0.5) is 0 Å². The summed E-state index contributed by atoms with van der Waals surface area (Å²) >= 11 is 0. The Morgan fingerprint density at radius 3 is 2.65 bits per heavy atom. The van der Waals surface area contributed by atoms with E-state index in [1.54, 1.807) is 7.11 Å². The summed E-state index contributed by atoms with van der Waals surface area (Å²) in [6.45, 7) is 4.66. The molecule has 2 fully saturated rings. The number of ether oxygens (including phenoxy) is 1. The maximum absolute atomic E-state index is 10.6. The van der Waals surface area contributed by atoms with Gasteiger partial charge in [-0.3, -0.25) is 0 Å². The van der Waals surface area contributed by atoms with Crippen molar-refractivity contribution in [3.63, 3.8) is 0 Å². The quantitative estimate of drug-likeness (QED) is 0.728. The van der Waals surface area contributed by atoms with Crippen LogP contribution >= 0.6 is 0 Å². The number of hydrogen-bond acceptors (Lipinski definition) is 3. The van der Waals surface area contributed by atoms with Gasteiger partial charge < -0.3 is 14.9 Å². The largest absolute Gasteiger partial charge is 0.501 e. The molecule has 3 nitrogen and oxygen atoms in total. The van der Waals surface area contributed by atoms with E-state index < -0.39 is 0 Å². The van der Waals surface area contributed by atoms with Crippen molar-refractivity contribution in [3.05, 3.63) is 23.5 Å². The predicted molar refractivity (Wildman–Crippen MR) is 89.6 cm³/mol. The van der Waals surface area contributed by atoms with Crippen molar-refractivity contribution in [1.82, 2.24) is 0 Å². The molecule has 4 aliphatic rings. The van der Waals surface area contributed by atoms with Crippen LogP contribution in [-0.4, -0.2) is 29.5 Å². The molecule has 0 saturated heterocycles. The first kappa shape index (κ1) is 15.7. The summed E-state index contributed by atoms with van der Waals surface area (Å²) in [6.07, 6.45) is 9.81. The van der Waals surface area contributed by atoms with Gasteiger partial charge in [0.2, 0.25) is 0 Å². The van der Waals surface area contributed by atoms with Crippen LogP contribution in [0.5, 0.6) is 0 Å². The fourth-order valence-electron chi connectivity index (χ4n) is 6.28. The van der Waals surface area contributed by atoms with E-state index in [2.05, 4.69) is 19.9 Å². The molecule has 0 amide bonds. The second-order valence-electron chi connectivity index (χ2n) is 8.75. The molecule has 2 saturated carbocycles. The maximum Gasteiger partial charge on any atom is 0.0956 e. The fourth-order valence-corrected chi connectivity index (χ4v) is 6.28. The van der Waals surface area contributed by atoms with Gasteiger partial charge in [0, 0.05) is 11.8 Å². The van der Waals surface area contributed by atoms with Crippen LogP contribution in [0.1, 0.15) is 52.4 Å². The van der Waals surface area contributed by atoms with Crippen LogP contribution < -0.4 is 0 Å². The Kier molecular flexibility index (Phi) is 3.48. The van der Waals surface area contributed by atoms with Gasteiger partial charge in [0.05, 0.1) is 25.1 Å². The monoisotopic (exact) mass is 318 g/mol. The zero-order valence-corrected chi connectivity index (χ0v) is 14.6. The van der Waals surface area contributed by atoms with E-state index in [1.165, 1.54) is 5.57 Å². The van der Waals surface area contributed by atoms with Crippen LogP contribution in [0, 0.1) is 28.6 Å². The van der Waals surface area contributed by atoms with E-state index in [1.807, 2.05) is 6.08 Å². The van der Waals surface area contributed by atoms with Gasteiger partial charge in [-0.25, -0.2) is 0 Å². The minimum Gasteiger partial charge on any atom is -0.501 e. The molecule has 7 atom stereocenters. The highest BCUT2D eigenvalue weighted by Crippen LogP contribution is 2.64. The average molecular weight is 318 g/mol. The van der Waals surface area contributed by atoms with Crippen LogP contribution in [0.25, 0.3) is 0 Å². The van der Waals surface area contributed by atoms with E-state index in [-0.39, 0.29) is 23.0 Å². The van der Waals surface area contributed by atoms with Gasteiger partial charge in [-0.2, -0.15) is 0 Å². The first-order valence-corrected chi connectivity index (χ1v) is 9.22. The number of fused-ring (bicyclic) bond motifs is 5. The molecule has 0 bridgehead atoms. The van der Waals surface area contributed by atoms with E-state index in [0.717, 1.165) is 44.3 Å². The summed E-state index contributed by atoms with van der Waals surface area (Å²) in [6, 6.07) is 0. The Bertz CT molecular complexity index is 565. The Morgan fingerprint density at radius 2 is 1.91 bits per heavy atom. The lowest BCUT2D eigenvalue weighted by Crippen LogP contribution is -2.49. The Hall–Kier alpha value is -0.800. The molecule has 4 rings (SSSR count). The van der Waals surface area contributed by atoms with Crippen LogP contribution in [0.15, 0.2) is 23.5 Å². The third-order valence-corrected chi connectivity index (χ3v) is 7.84. The van der Waals surface area contributed by atoms with Gasteiger partial charge in [0.15, 0.2) is 0 Å². The van der Waals surface area contributed by atoms with Crippen molar-refractivity contribution in [2.75, 3.05) is 7.11 Å². The second kappa shape index (κ2) is 5.10. The highest BCUT2D eigenvalue weighted by molar-refractivity contribution is 5.33. The molecule has 0 aromatic carbocycles. The van der Waals surface area contributed by atoms with E-state index in [9.17, 15) is 10.2 Å². The smallest absolute Gasteiger partial charge is 0.0956 e. The molecular weight excluding hydrogens is 288 g/mol. The number of aliphatic hydroxyl groups is 2. The molecular formula is C20H30O3. The SMILES string of the molecule is COC1=C2[C@@H](CC[C@]3(C)C(O)CC[C@@H]23)[C@@]2(C)C=CC(O)CC2C1. The zero-order chi connectivity index (χ0) is 16.4. The van der Waals surface area contributed by atoms with E-state index >= 15 is 0 Å². The molecule has 0 aromatic rings. The van der Waals surface area contributed by atoms with Gasteiger partial charge in [-0.15, -0.1) is 0 Å². The normalized spacial score (nSPS) is 52.0. The van der Waals surface area contributed by atoms with E-state index in [0.29, 0.717) is 17.8 Å². The van der Waals surface area contributed by atoms with Gasteiger partial charge in [0.1, 0.15) is 0 Å². The summed E-state index contributed by atoms with van der Waals surface area (Å²) in [5, 5.41) is 20.6. The molecule has 0 spiro atoms. The number of hydrogen-bond donors (Lipinski definition) is 2. The second-order valence-corrected chi connectivity index (χ2v) is 8.75. The first-order chi connectivity index (χ1) is 10.9. The van der Waals surface area contributed by atoms with Gasteiger partial charge >= 0.3 is 0 Å². The number of methoxy groups -OCH3 is 1. The molecule has 2 N–H and O–H groups in total. The van der Waals surface area contributed by atoms with Crippen LogP contribution in [0.2, 0.25) is 0 Å². The van der Waals surface area contributed by atoms with Crippen molar-refractivity contribution < 1.29 is 14.9 Å². The summed E-state index contributed by atoms with van der Waals surface area (Å²) in [7, 11) is 1.80. The van der Waals surface area contributed by atoms with Crippen LogP contribution in [-0.2, 0) is 4.74 Å². The summed E-state index contributed by atoms with van der Waals surface area (Å²) in [4.78, 5) is 0. The minimum atomic E-state index is -0.310. The predicted octanol–water partition coefficient (Wildman–Crippen LogP) is 3.42. The number of allylic oxidation sites excluding steroid dienone is 3. The molecule has 23 heavy (non-hydrogen) atoms. The summed E-state index contributed by atoms with van der Waals surface area (Å²) in [5.41, 5.74) is 1.65. The van der Waals surface area contributed by atoms with Gasteiger partial charge in [-0.1, -0.05) is 26.0 Å². The molecule has 0 aliphatic heterocycles. The summed E-state index contributed by atoms with van der Waals surface area (Å²) in [5.74, 6) is 2.58. The number of aliphatic hydroxyl groups excluding tert-OH is 2. The minimum absolute atomic E-state index is 0.0245. The van der Waals surface area contributed by atoms with Crippen molar-refractivity contribution in [2.24, 2.45) is 28.6 Å². The maximum atomic E-state index is 10.6. The molecule has 0 radical (unpaired) electrons. The van der Waals surface area contributed by atoms with Crippen molar-refractivity contribution in [3.8, 4) is 0 Å². The number of rotatable bonds is 1. The highest BCUT2D eigenvalue weighted by Gasteiger charge is 2.58. The lowest BCUT2D eigenvalue weighted by Gasteiger charge is -2.56. The lowest BCUT2D eigenvalue weighted by atomic mass is 9.49. The Balaban J connectivity index is 1.80. The third-order valence-electron chi connectivity index (χ3n) is 7.84. The van der Waals surface area contributed by atoms with Gasteiger partial charge in [-0.05, 0) is 60.8 Å². The molecule has 0 heterocycles. The average Bonchev–Trinajstić information content (AvgIpc) is 2.83. The third kappa shape index (κ3) is 2.02. The van der Waals surface area contributed by atoms with Gasteiger partial charge in [0.25, 0.3) is 0 Å². The molecule has 0 aromatic heterocycles. The lowest BCUT2D eigenvalue weighted by molar-refractivity contribution is -0.0178. The Morgan fingerprint density at radius 1 is 1.13 bits per heavy atom. The zero-order valence-electron chi connectivity index (χ0n) is 14.6. The molecule has 3 heteroatoms. The topological polar surface area (TPSA) is 49.7 Å². The molecule has 3 unspecified atom stereocenters. The standard InChI is InChI=1S/C20H30O3/c1-19-8-6-13(21)10-12(19)11-16(23-3)18-14-4-5-17(22)20(14,2)9-7-15(18)19/h6,8,12-15,17,21-22H,4-5,7,9-11H2,1-3H3/t12?,13?,14-,15+,17?,19-,20-/m0/s1. The Labute approximate surface area is 139 Å². The first-order valence-electron chi connectivity index (χ1n) is 9.22. The highest BCUT2D eigenvalue weighted by atomic mass is 16.5. The van der Waals surface area contributed by atoms with Crippen molar-refractivity contribution >= 4 is 0 Å².